The van der Waals surface area contributed by atoms with E-state index in [9.17, 15) is 19.5 Å². The molecule has 1 unspecified atom stereocenters. The zero-order valence-electron chi connectivity index (χ0n) is 33.2. The number of likely N-dealkylation sites (tertiary alicyclic amines) is 1. The van der Waals surface area contributed by atoms with Gasteiger partial charge in [-0.2, -0.15) is 4.98 Å². The monoisotopic (exact) mass is 784 g/mol. The van der Waals surface area contributed by atoms with E-state index in [4.69, 9.17) is 4.98 Å². The number of piperidine rings is 3. The number of fused-ring (bicyclic) bond motifs is 1. The van der Waals surface area contributed by atoms with Gasteiger partial charge in [-0.05, 0) is 125 Å². The Balaban J connectivity index is 0.832. The van der Waals surface area contributed by atoms with Crippen LogP contribution in [0.1, 0.15) is 69.5 Å². The van der Waals surface area contributed by atoms with Crippen LogP contribution >= 0.6 is 0 Å². The summed E-state index contributed by atoms with van der Waals surface area (Å²) >= 11 is 0. The van der Waals surface area contributed by atoms with E-state index in [1.807, 2.05) is 12.1 Å². The SMILES string of the molecule is C=CCn1c(=O)c2cnc(Nc3ccc(N4CCC(CN5CCC(c6ccc(NC7CCC(=O)NC7=O)cc6)CC5)CC4)cc3)nc2n1-c1cccc(C(C)(C)O)n1. The number of aliphatic hydroxyl groups is 1. The maximum Gasteiger partial charge on any atom is 0.278 e. The average Bonchev–Trinajstić information content (AvgIpc) is 3.49. The van der Waals surface area contributed by atoms with Crippen molar-refractivity contribution < 1.29 is 14.7 Å². The number of imide groups is 1. The van der Waals surface area contributed by atoms with Gasteiger partial charge in [0.1, 0.15) is 17.0 Å². The molecule has 1 atom stereocenters. The molecular weight excluding hydrogens is 733 g/mol. The van der Waals surface area contributed by atoms with Crippen LogP contribution in [-0.2, 0) is 21.7 Å². The summed E-state index contributed by atoms with van der Waals surface area (Å²) in [4.78, 5) is 56.0. The fraction of sp³-hybridized carbons (Fsp3) is 0.409. The third kappa shape index (κ3) is 8.53. The van der Waals surface area contributed by atoms with Crippen molar-refractivity contribution >= 4 is 45.9 Å². The number of nitrogens with one attached hydrogen (secondary N) is 3. The summed E-state index contributed by atoms with van der Waals surface area (Å²) in [6, 6.07) is 21.8. The van der Waals surface area contributed by atoms with Crippen molar-refractivity contribution in [2.24, 2.45) is 5.92 Å². The molecule has 3 aliphatic rings. The molecule has 0 spiro atoms. The second-order valence-corrected chi connectivity index (χ2v) is 16.3. The van der Waals surface area contributed by atoms with Crippen LogP contribution in [0.25, 0.3) is 16.9 Å². The highest BCUT2D eigenvalue weighted by Crippen LogP contribution is 2.32. The topological polar surface area (TPSA) is 163 Å². The summed E-state index contributed by atoms with van der Waals surface area (Å²) in [6.07, 6.45) is 8.69. The Kier molecular flexibility index (Phi) is 11.1. The number of nitrogens with zero attached hydrogens (tertiary/aromatic N) is 7. The van der Waals surface area contributed by atoms with Crippen molar-refractivity contribution in [3.8, 4) is 5.82 Å². The highest BCUT2D eigenvalue weighted by molar-refractivity contribution is 6.01. The van der Waals surface area contributed by atoms with Crippen molar-refractivity contribution in [1.82, 2.24) is 34.5 Å². The van der Waals surface area contributed by atoms with Crippen LogP contribution in [0.3, 0.4) is 0 Å². The number of benzene rings is 2. The van der Waals surface area contributed by atoms with E-state index in [2.05, 4.69) is 78.7 Å². The standard InChI is InChI=1S/C44H52N10O4/c1-4-22-53-42(57)35-27-45-43(50-40(35)54(53)38-7-5-6-37(48-38)44(2,3)58)47-33-12-14-34(15-13-33)52-25-18-29(19-26-52)28-51-23-20-31(21-24-51)30-8-10-32(11-9-30)46-36-16-17-39(55)49-41(36)56/h4-15,27,29,31,36,46,58H,1,16-26,28H2,2-3H3,(H,45,47,50)(H,49,55,56). The van der Waals surface area contributed by atoms with Gasteiger partial charge in [0.25, 0.3) is 5.56 Å². The van der Waals surface area contributed by atoms with E-state index in [1.54, 1.807) is 42.8 Å². The van der Waals surface area contributed by atoms with Crippen LogP contribution in [0.5, 0.6) is 0 Å². The van der Waals surface area contributed by atoms with E-state index in [0.717, 1.165) is 69.8 Å². The minimum atomic E-state index is -1.16. The molecule has 6 heterocycles. The van der Waals surface area contributed by atoms with Gasteiger partial charge < -0.3 is 25.5 Å². The number of carbonyl (C=O) groups excluding carboxylic acids is 2. The maximum absolute atomic E-state index is 13.4. The first-order chi connectivity index (χ1) is 28.0. The van der Waals surface area contributed by atoms with Crippen molar-refractivity contribution in [2.75, 3.05) is 48.3 Å². The summed E-state index contributed by atoms with van der Waals surface area (Å²) in [5.74, 6) is 1.59. The third-order valence-electron chi connectivity index (χ3n) is 11.7. The normalized spacial score (nSPS) is 18.7. The van der Waals surface area contributed by atoms with Crippen molar-refractivity contribution in [2.45, 2.75) is 76.5 Å². The highest BCUT2D eigenvalue weighted by atomic mass is 16.3. The molecule has 4 N–H and O–H groups in total. The van der Waals surface area contributed by atoms with Crippen LogP contribution in [0.15, 0.2) is 90.4 Å². The molecule has 8 rings (SSSR count). The van der Waals surface area contributed by atoms with Gasteiger partial charge in [-0.15, -0.1) is 6.58 Å². The quantitative estimate of drug-likeness (QED) is 0.0941. The highest BCUT2D eigenvalue weighted by Gasteiger charge is 2.28. The fourth-order valence-corrected chi connectivity index (χ4v) is 8.45. The van der Waals surface area contributed by atoms with Crippen molar-refractivity contribution in [3.05, 3.63) is 107 Å². The predicted molar refractivity (Wildman–Crippen MR) is 226 cm³/mol. The van der Waals surface area contributed by atoms with Crippen LogP contribution in [0.2, 0.25) is 0 Å². The lowest BCUT2D eigenvalue weighted by Gasteiger charge is -2.38. The minimum Gasteiger partial charge on any atom is -0.384 e. The number of rotatable bonds is 12. The zero-order chi connectivity index (χ0) is 40.4. The number of pyridine rings is 1. The Hall–Kier alpha value is -5.86. The molecule has 58 heavy (non-hydrogen) atoms. The molecule has 0 aliphatic carbocycles. The Bertz CT molecular complexity index is 2330. The molecule has 3 aromatic heterocycles. The van der Waals surface area contributed by atoms with Gasteiger partial charge in [-0.3, -0.25) is 19.7 Å². The average molecular weight is 785 g/mol. The van der Waals surface area contributed by atoms with Gasteiger partial charge in [-0.25, -0.2) is 19.3 Å². The first-order valence-electron chi connectivity index (χ1n) is 20.4. The lowest BCUT2D eigenvalue weighted by molar-refractivity contribution is -0.133. The largest absolute Gasteiger partial charge is 0.384 e. The van der Waals surface area contributed by atoms with Gasteiger partial charge in [0, 0.05) is 49.3 Å². The summed E-state index contributed by atoms with van der Waals surface area (Å²) in [5, 5.41) is 20.0. The number of aromatic nitrogens is 5. The van der Waals surface area contributed by atoms with Gasteiger partial charge in [0.15, 0.2) is 11.5 Å². The number of hydrogen-bond acceptors (Lipinski definition) is 11. The Morgan fingerprint density at radius 2 is 1.62 bits per heavy atom. The molecular formula is C44H52N10O4. The molecule has 0 radical (unpaired) electrons. The zero-order valence-corrected chi connectivity index (χ0v) is 33.2. The van der Waals surface area contributed by atoms with Crippen LogP contribution in [0.4, 0.5) is 23.0 Å². The molecule has 5 aromatic rings. The number of amides is 2. The number of allylic oxidation sites excluding steroid dienone is 1. The Morgan fingerprint density at radius 1 is 0.897 bits per heavy atom. The van der Waals surface area contributed by atoms with Crippen LogP contribution in [-0.4, -0.2) is 84.9 Å². The van der Waals surface area contributed by atoms with Crippen molar-refractivity contribution in [3.63, 3.8) is 0 Å². The fourth-order valence-electron chi connectivity index (χ4n) is 8.45. The number of hydrogen-bond donors (Lipinski definition) is 4. The first-order valence-corrected chi connectivity index (χ1v) is 20.4. The predicted octanol–water partition coefficient (Wildman–Crippen LogP) is 5.45. The molecule has 302 valence electrons. The van der Waals surface area contributed by atoms with Crippen LogP contribution in [0, 0.1) is 5.92 Å². The first kappa shape index (κ1) is 39.0. The van der Waals surface area contributed by atoms with Gasteiger partial charge in [-0.1, -0.05) is 24.3 Å². The summed E-state index contributed by atoms with van der Waals surface area (Å²) in [6.45, 7) is 12.8. The second-order valence-electron chi connectivity index (χ2n) is 16.3. The number of carbonyl (C=O) groups is 2. The lowest BCUT2D eigenvalue weighted by Crippen LogP contribution is -2.47. The molecule has 3 aliphatic heterocycles. The Labute approximate surface area is 338 Å². The summed E-state index contributed by atoms with van der Waals surface area (Å²) < 4.78 is 3.17. The van der Waals surface area contributed by atoms with E-state index in [-0.39, 0.29) is 30.0 Å². The molecule has 2 amide bonds. The maximum atomic E-state index is 13.4. The van der Waals surface area contributed by atoms with Gasteiger partial charge in [0.05, 0.1) is 12.2 Å². The Morgan fingerprint density at radius 3 is 2.31 bits per heavy atom. The van der Waals surface area contributed by atoms with Gasteiger partial charge >= 0.3 is 0 Å². The summed E-state index contributed by atoms with van der Waals surface area (Å²) in [7, 11) is 0. The summed E-state index contributed by atoms with van der Waals surface area (Å²) in [5.41, 5.74) is 3.75. The lowest BCUT2D eigenvalue weighted by atomic mass is 9.88. The van der Waals surface area contributed by atoms with E-state index in [0.29, 0.717) is 53.2 Å². The smallest absolute Gasteiger partial charge is 0.278 e. The van der Waals surface area contributed by atoms with Gasteiger partial charge in [0.2, 0.25) is 17.8 Å². The second kappa shape index (κ2) is 16.5. The molecule has 3 fully saturated rings. The van der Waals surface area contributed by atoms with E-state index < -0.39 is 5.60 Å². The molecule has 14 nitrogen and oxygen atoms in total. The molecule has 0 saturated carbocycles. The van der Waals surface area contributed by atoms with Crippen LogP contribution < -0.4 is 26.4 Å². The molecule has 2 aromatic carbocycles. The molecule has 14 heteroatoms. The molecule has 3 saturated heterocycles. The number of anilines is 4. The van der Waals surface area contributed by atoms with E-state index >= 15 is 0 Å². The molecule has 0 bridgehead atoms. The van der Waals surface area contributed by atoms with E-state index in [1.165, 1.54) is 22.1 Å². The minimum absolute atomic E-state index is 0.200. The third-order valence-corrected chi connectivity index (χ3v) is 11.7. The van der Waals surface area contributed by atoms with Crippen molar-refractivity contribution in [1.29, 1.82) is 0 Å².